The van der Waals surface area contributed by atoms with Crippen molar-refractivity contribution in [2.24, 2.45) is 0 Å². The summed E-state index contributed by atoms with van der Waals surface area (Å²) < 4.78 is 0. The molecule has 0 bridgehead atoms. The van der Waals surface area contributed by atoms with Crippen molar-refractivity contribution >= 4 is 0 Å². The van der Waals surface area contributed by atoms with Gasteiger partial charge in [-0.3, -0.25) is 0 Å². The van der Waals surface area contributed by atoms with Crippen LogP contribution >= 0.6 is 0 Å². The Labute approximate surface area is 146 Å². The number of unbranched alkanes of at least 4 members (excludes halogenated alkanes) is 4. The van der Waals surface area contributed by atoms with Crippen LogP contribution in [0.25, 0.3) is 11.1 Å². The fourth-order valence-corrected chi connectivity index (χ4v) is 3.21. The van der Waals surface area contributed by atoms with Gasteiger partial charge >= 0.3 is 0 Å². The molecule has 130 valence electrons. The van der Waals surface area contributed by atoms with Gasteiger partial charge in [-0.05, 0) is 60.8 Å². The highest BCUT2D eigenvalue weighted by Gasteiger charge is 2.09. The predicted octanol–water partition coefficient (Wildman–Crippen LogP) is 4.76. The zero-order valence-corrected chi connectivity index (χ0v) is 14.6. The molecule has 0 fully saturated rings. The van der Waals surface area contributed by atoms with Crippen LogP contribution in [0.4, 0.5) is 0 Å². The molecule has 0 aliphatic heterocycles. The molecule has 0 spiro atoms. The van der Waals surface area contributed by atoms with Crippen molar-refractivity contribution in [3.05, 3.63) is 59.7 Å². The van der Waals surface area contributed by atoms with Crippen LogP contribution in [0.2, 0.25) is 0 Å². The van der Waals surface area contributed by atoms with Crippen molar-refractivity contribution in [3.63, 3.8) is 0 Å². The summed E-state index contributed by atoms with van der Waals surface area (Å²) >= 11 is 0. The Balaban J connectivity index is 2.12. The molecule has 0 aliphatic carbocycles. The van der Waals surface area contributed by atoms with Gasteiger partial charge in [-0.15, -0.1) is 0 Å². The summed E-state index contributed by atoms with van der Waals surface area (Å²) in [6.45, 7) is 0.580. The van der Waals surface area contributed by atoms with E-state index in [4.69, 9.17) is 10.2 Å². The van der Waals surface area contributed by atoms with Crippen molar-refractivity contribution in [2.75, 3.05) is 13.2 Å². The molecule has 0 saturated heterocycles. The molecule has 0 radical (unpaired) electrons. The quantitative estimate of drug-likeness (QED) is 0.584. The number of aliphatic hydroxyl groups is 2. The average Bonchev–Trinajstić information content (AvgIpc) is 2.63. The van der Waals surface area contributed by atoms with Gasteiger partial charge in [-0.1, -0.05) is 61.4 Å². The Morgan fingerprint density at radius 2 is 0.917 bits per heavy atom. The van der Waals surface area contributed by atoms with E-state index in [9.17, 15) is 0 Å². The molecule has 2 aromatic rings. The summed E-state index contributed by atoms with van der Waals surface area (Å²) in [7, 11) is 0. The lowest BCUT2D eigenvalue weighted by molar-refractivity contribution is 0.283. The van der Waals surface area contributed by atoms with Gasteiger partial charge < -0.3 is 10.2 Å². The van der Waals surface area contributed by atoms with Crippen LogP contribution in [0.15, 0.2) is 48.5 Å². The fraction of sp³-hybridized carbons (Fsp3) is 0.455. The number of rotatable bonds is 11. The van der Waals surface area contributed by atoms with Crippen LogP contribution in [-0.2, 0) is 12.8 Å². The van der Waals surface area contributed by atoms with Crippen molar-refractivity contribution in [1.82, 2.24) is 0 Å². The third-order valence-electron chi connectivity index (χ3n) is 4.53. The van der Waals surface area contributed by atoms with Crippen LogP contribution in [0, 0.1) is 0 Å². The molecule has 24 heavy (non-hydrogen) atoms. The molecule has 0 aliphatic rings. The van der Waals surface area contributed by atoms with E-state index in [1.807, 2.05) is 0 Å². The van der Waals surface area contributed by atoms with Crippen LogP contribution in [0.1, 0.15) is 49.7 Å². The summed E-state index contributed by atoms with van der Waals surface area (Å²) in [4.78, 5) is 0. The van der Waals surface area contributed by atoms with Crippen molar-refractivity contribution < 1.29 is 10.2 Å². The Kier molecular flexibility index (Phi) is 8.58. The predicted molar refractivity (Wildman–Crippen MR) is 101 cm³/mol. The molecule has 2 N–H and O–H groups in total. The van der Waals surface area contributed by atoms with Gasteiger partial charge in [-0.25, -0.2) is 0 Å². The van der Waals surface area contributed by atoms with E-state index < -0.39 is 0 Å². The van der Waals surface area contributed by atoms with E-state index in [1.165, 1.54) is 22.3 Å². The highest BCUT2D eigenvalue weighted by Crippen LogP contribution is 2.29. The Bertz CT molecular complexity index is 539. The number of hydrogen-bond donors (Lipinski definition) is 2. The Hall–Kier alpha value is -1.64. The summed E-state index contributed by atoms with van der Waals surface area (Å²) in [5, 5.41) is 17.9. The van der Waals surface area contributed by atoms with Gasteiger partial charge in [0.1, 0.15) is 0 Å². The van der Waals surface area contributed by atoms with Gasteiger partial charge in [0, 0.05) is 13.2 Å². The molecule has 2 aromatic carbocycles. The lowest BCUT2D eigenvalue weighted by Gasteiger charge is -2.14. The van der Waals surface area contributed by atoms with E-state index in [2.05, 4.69) is 48.5 Å². The normalized spacial score (nSPS) is 10.9. The maximum Gasteiger partial charge on any atom is 0.0431 e. The first kappa shape index (κ1) is 18.7. The zero-order chi connectivity index (χ0) is 17.0. The third-order valence-corrected chi connectivity index (χ3v) is 4.53. The van der Waals surface area contributed by atoms with E-state index >= 15 is 0 Å². The first-order valence-corrected chi connectivity index (χ1v) is 9.24. The monoisotopic (exact) mass is 326 g/mol. The van der Waals surface area contributed by atoms with E-state index in [0.717, 1.165) is 51.4 Å². The molecule has 0 saturated carbocycles. The van der Waals surface area contributed by atoms with Gasteiger partial charge in [0.2, 0.25) is 0 Å². The lowest BCUT2D eigenvalue weighted by atomic mass is 9.91. The third kappa shape index (κ3) is 5.77. The Morgan fingerprint density at radius 3 is 1.33 bits per heavy atom. The topological polar surface area (TPSA) is 40.5 Å². The second-order valence-corrected chi connectivity index (χ2v) is 6.38. The fourth-order valence-electron chi connectivity index (χ4n) is 3.21. The van der Waals surface area contributed by atoms with E-state index in [-0.39, 0.29) is 0 Å². The second kappa shape index (κ2) is 11.0. The first-order chi connectivity index (χ1) is 11.9. The molecule has 0 unspecified atom stereocenters. The standard InChI is InChI=1S/C22H30O2/c23-17-9-1-3-11-19-13-5-7-15-21(19)22-16-8-6-14-20(22)12-4-2-10-18-24/h5-8,13-16,23-24H,1-4,9-12,17-18H2. The van der Waals surface area contributed by atoms with Gasteiger partial charge in [0.05, 0.1) is 0 Å². The van der Waals surface area contributed by atoms with E-state index in [0.29, 0.717) is 13.2 Å². The van der Waals surface area contributed by atoms with Crippen molar-refractivity contribution in [1.29, 1.82) is 0 Å². The number of benzene rings is 2. The average molecular weight is 326 g/mol. The van der Waals surface area contributed by atoms with Crippen LogP contribution < -0.4 is 0 Å². The number of hydrogen-bond acceptors (Lipinski definition) is 2. The smallest absolute Gasteiger partial charge is 0.0431 e. The summed E-state index contributed by atoms with van der Waals surface area (Å²) in [5.74, 6) is 0. The minimum atomic E-state index is 0.290. The minimum absolute atomic E-state index is 0.290. The van der Waals surface area contributed by atoms with E-state index in [1.54, 1.807) is 0 Å². The summed E-state index contributed by atoms with van der Waals surface area (Å²) in [5.41, 5.74) is 5.50. The zero-order valence-electron chi connectivity index (χ0n) is 14.6. The number of aryl methyl sites for hydroxylation is 2. The molecule has 0 heterocycles. The molecule has 2 heteroatoms. The second-order valence-electron chi connectivity index (χ2n) is 6.38. The molecule has 2 rings (SSSR count). The first-order valence-electron chi connectivity index (χ1n) is 9.24. The SMILES string of the molecule is OCCCCCc1ccccc1-c1ccccc1CCCCCO. The van der Waals surface area contributed by atoms with Crippen molar-refractivity contribution in [2.45, 2.75) is 51.4 Å². The Morgan fingerprint density at radius 1 is 0.500 bits per heavy atom. The summed E-state index contributed by atoms with van der Waals surface area (Å²) in [6.07, 6.45) is 8.31. The molecule has 0 amide bonds. The molecule has 0 atom stereocenters. The summed E-state index contributed by atoms with van der Waals surface area (Å²) in [6, 6.07) is 17.4. The maximum absolute atomic E-state index is 8.94. The molecular formula is C22H30O2. The number of aliphatic hydroxyl groups excluding tert-OH is 2. The maximum atomic E-state index is 8.94. The lowest BCUT2D eigenvalue weighted by Crippen LogP contribution is -1.96. The highest BCUT2D eigenvalue weighted by molar-refractivity contribution is 5.70. The molecular weight excluding hydrogens is 296 g/mol. The molecule has 2 nitrogen and oxygen atoms in total. The van der Waals surface area contributed by atoms with Crippen LogP contribution in [0.5, 0.6) is 0 Å². The largest absolute Gasteiger partial charge is 0.396 e. The van der Waals surface area contributed by atoms with Gasteiger partial charge in [0.15, 0.2) is 0 Å². The van der Waals surface area contributed by atoms with Crippen LogP contribution in [-0.4, -0.2) is 23.4 Å². The highest BCUT2D eigenvalue weighted by atomic mass is 16.3. The van der Waals surface area contributed by atoms with Crippen LogP contribution in [0.3, 0.4) is 0 Å². The minimum Gasteiger partial charge on any atom is -0.396 e. The van der Waals surface area contributed by atoms with Gasteiger partial charge in [0.25, 0.3) is 0 Å². The van der Waals surface area contributed by atoms with Gasteiger partial charge in [-0.2, -0.15) is 0 Å². The molecule has 0 aromatic heterocycles. The van der Waals surface area contributed by atoms with Crippen molar-refractivity contribution in [3.8, 4) is 11.1 Å².